The van der Waals surface area contributed by atoms with Crippen molar-refractivity contribution >= 4 is 35.3 Å². The Labute approximate surface area is 145 Å². The predicted molar refractivity (Wildman–Crippen MR) is 94.8 cm³/mol. The SMILES string of the molecule is [B]C([B])([B])N(C(=O)OC(C)(C)C)c1cn(-c2cccnc2)nc1C. The molecule has 0 saturated carbocycles. The largest absolute Gasteiger partial charge is 0.443 e. The molecule has 0 saturated heterocycles. The van der Waals surface area contributed by atoms with Crippen LogP contribution < -0.4 is 4.90 Å². The van der Waals surface area contributed by atoms with Crippen molar-refractivity contribution in [1.82, 2.24) is 14.8 Å². The van der Waals surface area contributed by atoms with E-state index in [1.165, 1.54) is 0 Å². The van der Waals surface area contributed by atoms with Gasteiger partial charge in [0.25, 0.3) is 0 Å². The smallest absolute Gasteiger partial charge is 0.413 e. The summed E-state index contributed by atoms with van der Waals surface area (Å²) in [7, 11) is 17.3. The Bertz CT molecular complexity index is 721. The van der Waals surface area contributed by atoms with E-state index in [4.69, 9.17) is 28.3 Å². The minimum absolute atomic E-state index is 0.348. The monoisotopic (exact) mass is 318 g/mol. The summed E-state index contributed by atoms with van der Waals surface area (Å²) in [5.74, 6) is 0. The first-order valence-electron chi connectivity index (χ1n) is 7.35. The van der Waals surface area contributed by atoms with Gasteiger partial charge >= 0.3 is 6.09 Å². The molecular formula is C15H17B3N4O2. The van der Waals surface area contributed by atoms with Crippen LogP contribution in [0.1, 0.15) is 26.5 Å². The molecule has 0 fully saturated rings. The first kappa shape index (κ1) is 18.2. The van der Waals surface area contributed by atoms with E-state index in [1.807, 2.05) is 6.07 Å². The normalized spacial score (nSPS) is 12.0. The van der Waals surface area contributed by atoms with Crippen molar-refractivity contribution in [3.63, 3.8) is 0 Å². The number of anilines is 1. The summed E-state index contributed by atoms with van der Waals surface area (Å²) < 4.78 is 6.90. The van der Waals surface area contributed by atoms with Crippen molar-refractivity contribution in [2.24, 2.45) is 0 Å². The van der Waals surface area contributed by atoms with E-state index in [0.29, 0.717) is 17.1 Å². The number of rotatable bonds is 3. The van der Waals surface area contributed by atoms with Gasteiger partial charge in [0.1, 0.15) is 5.60 Å². The highest BCUT2D eigenvalue weighted by Crippen LogP contribution is 2.26. The zero-order valence-electron chi connectivity index (χ0n) is 14.2. The first-order valence-corrected chi connectivity index (χ1v) is 7.35. The number of pyridine rings is 1. The molecule has 2 heterocycles. The second-order valence-electron chi connectivity index (χ2n) is 6.46. The number of hydrogen-bond acceptors (Lipinski definition) is 4. The van der Waals surface area contributed by atoms with Crippen LogP contribution in [0, 0.1) is 6.92 Å². The summed E-state index contributed by atoms with van der Waals surface area (Å²) in [5, 5.41) is 2.41. The minimum Gasteiger partial charge on any atom is -0.443 e. The number of carbonyl (C=O) groups is 1. The Kier molecular flexibility index (Phi) is 4.83. The molecule has 2 aromatic rings. The Morgan fingerprint density at radius 3 is 2.46 bits per heavy atom. The van der Waals surface area contributed by atoms with Crippen LogP contribution in [0.25, 0.3) is 5.69 Å². The van der Waals surface area contributed by atoms with Crippen LogP contribution in [0.5, 0.6) is 0 Å². The molecule has 118 valence electrons. The van der Waals surface area contributed by atoms with Crippen molar-refractivity contribution in [2.45, 2.75) is 38.5 Å². The Balaban J connectivity index is 2.45. The first-order chi connectivity index (χ1) is 11.0. The Morgan fingerprint density at radius 2 is 1.96 bits per heavy atom. The van der Waals surface area contributed by atoms with Crippen molar-refractivity contribution in [3.05, 3.63) is 36.4 Å². The zero-order valence-corrected chi connectivity index (χ0v) is 14.2. The number of hydrogen-bond donors (Lipinski definition) is 0. The molecule has 0 aliphatic heterocycles. The van der Waals surface area contributed by atoms with E-state index in [2.05, 4.69) is 10.1 Å². The van der Waals surface area contributed by atoms with Crippen LogP contribution in [0.3, 0.4) is 0 Å². The van der Waals surface area contributed by atoms with Gasteiger partial charge in [-0.25, -0.2) is 9.48 Å². The highest BCUT2D eigenvalue weighted by atomic mass is 16.6. The van der Waals surface area contributed by atoms with Crippen LogP contribution in [-0.2, 0) is 4.74 Å². The summed E-state index contributed by atoms with van der Waals surface area (Å²) in [6.07, 6.45) is 4.12. The fraction of sp³-hybridized carbons (Fsp3) is 0.400. The van der Waals surface area contributed by atoms with E-state index >= 15 is 0 Å². The fourth-order valence-electron chi connectivity index (χ4n) is 2.06. The molecule has 6 radical (unpaired) electrons. The highest BCUT2D eigenvalue weighted by molar-refractivity contribution is 6.62. The lowest BCUT2D eigenvalue weighted by molar-refractivity contribution is 0.0579. The lowest BCUT2D eigenvalue weighted by atomic mass is 9.48. The van der Waals surface area contributed by atoms with Gasteiger partial charge in [-0.3, -0.25) is 9.88 Å². The molecular weight excluding hydrogens is 301 g/mol. The third kappa shape index (κ3) is 4.22. The van der Waals surface area contributed by atoms with Crippen LogP contribution in [0.2, 0.25) is 0 Å². The third-order valence-corrected chi connectivity index (χ3v) is 2.99. The van der Waals surface area contributed by atoms with Crippen LogP contribution in [0.4, 0.5) is 10.5 Å². The summed E-state index contributed by atoms with van der Waals surface area (Å²) in [5.41, 5.74) is 0.845. The molecule has 0 bridgehead atoms. The molecule has 2 aromatic heterocycles. The number of ether oxygens (including phenoxy) is 1. The average molecular weight is 318 g/mol. The predicted octanol–water partition coefficient (Wildman–Crippen LogP) is 1.43. The van der Waals surface area contributed by atoms with Crippen LogP contribution >= 0.6 is 0 Å². The third-order valence-electron chi connectivity index (χ3n) is 2.99. The lowest BCUT2D eigenvalue weighted by Crippen LogP contribution is -2.55. The van der Waals surface area contributed by atoms with Gasteiger partial charge in [-0.1, -0.05) is 5.24 Å². The van der Waals surface area contributed by atoms with E-state index in [9.17, 15) is 4.79 Å². The molecule has 0 spiro atoms. The number of aryl methyl sites for hydroxylation is 1. The van der Waals surface area contributed by atoms with Crippen molar-refractivity contribution in [2.75, 3.05) is 4.90 Å². The number of aromatic nitrogens is 3. The zero-order chi connectivity index (χ0) is 18.1. The Hall–Kier alpha value is -2.18. The number of carbonyl (C=O) groups excluding carboxylic acids is 1. The summed E-state index contributed by atoms with van der Waals surface area (Å²) in [4.78, 5) is 17.5. The molecule has 1 amide bonds. The quantitative estimate of drug-likeness (QED) is 0.804. The van der Waals surface area contributed by atoms with Gasteiger partial charge in [-0.15, -0.1) is 0 Å². The van der Waals surface area contributed by atoms with Gasteiger partial charge in [0, 0.05) is 6.20 Å². The molecule has 2 rings (SSSR count). The van der Waals surface area contributed by atoms with Crippen molar-refractivity contribution in [1.29, 1.82) is 0 Å². The lowest BCUT2D eigenvalue weighted by Gasteiger charge is -2.37. The molecule has 0 aromatic carbocycles. The van der Waals surface area contributed by atoms with E-state index in [0.717, 1.165) is 4.90 Å². The van der Waals surface area contributed by atoms with E-state index < -0.39 is 16.9 Å². The maximum absolute atomic E-state index is 12.5. The van der Waals surface area contributed by atoms with E-state index in [1.54, 1.807) is 57.0 Å². The molecule has 24 heavy (non-hydrogen) atoms. The molecule has 6 nitrogen and oxygen atoms in total. The van der Waals surface area contributed by atoms with Crippen LogP contribution in [-0.4, -0.2) is 55.2 Å². The molecule has 0 N–H and O–H groups in total. The van der Waals surface area contributed by atoms with E-state index in [-0.39, 0.29) is 0 Å². The van der Waals surface area contributed by atoms with Gasteiger partial charge in [-0.05, 0) is 39.8 Å². The number of amides is 1. The Morgan fingerprint density at radius 1 is 1.29 bits per heavy atom. The maximum atomic E-state index is 12.5. The van der Waals surface area contributed by atoms with Gasteiger partial charge in [0.15, 0.2) is 0 Å². The molecule has 9 heteroatoms. The van der Waals surface area contributed by atoms with Crippen molar-refractivity contribution < 1.29 is 9.53 Å². The average Bonchev–Trinajstić information content (AvgIpc) is 2.78. The summed E-state index contributed by atoms with van der Waals surface area (Å²) >= 11 is 0. The molecule has 0 aliphatic carbocycles. The van der Waals surface area contributed by atoms with Crippen LogP contribution in [0.15, 0.2) is 30.7 Å². The van der Waals surface area contributed by atoms with Gasteiger partial charge in [-0.2, -0.15) is 5.10 Å². The van der Waals surface area contributed by atoms with Gasteiger partial charge in [0.2, 0.25) is 0 Å². The number of nitrogens with zero attached hydrogens (tertiary/aromatic N) is 4. The summed E-state index contributed by atoms with van der Waals surface area (Å²) in [6.45, 7) is 6.92. The second-order valence-corrected chi connectivity index (χ2v) is 6.46. The summed E-state index contributed by atoms with van der Waals surface area (Å²) in [6, 6.07) is 3.60. The maximum Gasteiger partial charge on any atom is 0.413 e. The molecule has 0 aliphatic rings. The highest BCUT2D eigenvalue weighted by Gasteiger charge is 2.33. The van der Waals surface area contributed by atoms with Gasteiger partial charge < -0.3 is 4.74 Å². The van der Waals surface area contributed by atoms with Gasteiger partial charge in [0.05, 0.1) is 53.0 Å². The topological polar surface area (TPSA) is 60.2 Å². The minimum atomic E-state index is -1.95. The molecule has 0 unspecified atom stereocenters. The standard InChI is InChI=1S/C15H17B3N4O2/c1-10-12(9-21(20-10)11-6-5-7-19-8-11)22(15(16,17)18)13(23)24-14(2,3)4/h5-9H,1-4H3. The molecule has 0 atom stereocenters. The second kappa shape index (κ2) is 6.38. The fourth-order valence-corrected chi connectivity index (χ4v) is 2.06. The van der Waals surface area contributed by atoms with Crippen molar-refractivity contribution in [3.8, 4) is 5.69 Å².